The van der Waals surface area contributed by atoms with Crippen LogP contribution in [0.25, 0.3) is 0 Å². The Kier molecular flexibility index (Phi) is 5.76. The number of piperazine rings is 1. The lowest BCUT2D eigenvalue weighted by molar-refractivity contribution is -0.135. The number of carbonyl (C=O) groups is 2. The molecule has 2 N–H and O–H groups in total. The highest BCUT2D eigenvalue weighted by atomic mass is 16.2. The van der Waals surface area contributed by atoms with E-state index in [1.165, 1.54) is 6.42 Å². The Bertz CT molecular complexity index is 647. The van der Waals surface area contributed by atoms with Gasteiger partial charge in [-0.3, -0.25) is 19.5 Å². The molecule has 2 saturated heterocycles. The first-order valence-electron chi connectivity index (χ1n) is 9.43. The minimum atomic E-state index is -0.513. The van der Waals surface area contributed by atoms with Crippen molar-refractivity contribution < 1.29 is 9.59 Å². The Morgan fingerprint density at radius 1 is 1.15 bits per heavy atom. The molecule has 2 atom stereocenters. The van der Waals surface area contributed by atoms with Gasteiger partial charge in [0.2, 0.25) is 5.91 Å². The molecule has 0 spiro atoms. The zero-order valence-corrected chi connectivity index (χ0v) is 15.7. The highest BCUT2D eigenvalue weighted by molar-refractivity contribution is 5.91. The quantitative estimate of drug-likeness (QED) is 0.860. The van der Waals surface area contributed by atoms with Gasteiger partial charge in [-0.1, -0.05) is 13.8 Å². The number of hydrogen-bond donors (Lipinski definition) is 1. The summed E-state index contributed by atoms with van der Waals surface area (Å²) in [4.78, 5) is 34.4. The van der Waals surface area contributed by atoms with Crippen molar-refractivity contribution >= 4 is 17.5 Å². The molecule has 0 aromatic carbocycles. The zero-order chi connectivity index (χ0) is 18.7. The van der Waals surface area contributed by atoms with E-state index in [0.717, 1.165) is 45.0 Å². The summed E-state index contributed by atoms with van der Waals surface area (Å²) in [6, 6.07) is 3.63. The lowest BCUT2D eigenvalue weighted by atomic mass is 9.92. The number of amides is 2. The fourth-order valence-corrected chi connectivity index (χ4v) is 4.07. The molecule has 3 heterocycles. The molecule has 0 radical (unpaired) electrons. The van der Waals surface area contributed by atoms with Crippen molar-refractivity contribution in [3.8, 4) is 0 Å². The van der Waals surface area contributed by atoms with Crippen LogP contribution in [0.2, 0.25) is 0 Å². The molecule has 26 heavy (non-hydrogen) atoms. The Labute approximate surface area is 155 Å². The molecule has 1 aromatic heterocycles. The molecule has 2 fully saturated rings. The van der Waals surface area contributed by atoms with E-state index >= 15 is 0 Å². The van der Waals surface area contributed by atoms with E-state index in [0.29, 0.717) is 18.4 Å². The molecule has 2 aliphatic rings. The second kappa shape index (κ2) is 8.03. The number of rotatable bonds is 4. The van der Waals surface area contributed by atoms with Crippen LogP contribution >= 0.6 is 0 Å². The van der Waals surface area contributed by atoms with Gasteiger partial charge in [0.15, 0.2) is 0 Å². The van der Waals surface area contributed by atoms with Crippen molar-refractivity contribution in [1.29, 1.82) is 0 Å². The molecule has 3 rings (SSSR count). The number of nitrogens with two attached hydrogens (primary N) is 1. The number of hydrogen-bond acceptors (Lipinski definition) is 5. The largest absolute Gasteiger partial charge is 0.369 e. The Morgan fingerprint density at radius 2 is 1.81 bits per heavy atom. The SMILES string of the molecule is CC1CC(C)CN(C(=O)CN2CCN(c3ccnc(C(N)=O)c3)CC2)C1. The minimum Gasteiger partial charge on any atom is -0.369 e. The maximum absolute atomic E-state index is 12.6. The normalized spacial score (nSPS) is 24.5. The van der Waals surface area contributed by atoms with Gasteiger partial charge < -0.3 is 15.5 Å². The van der Waals surface area contributed by atoms with Gasteiger partial charge in [-0.2, -0.15) is 0 Å². The number of aromatic nitrogens is 1. The second-order valence-corrected chi connectivity index (χ2v) is 7.77. The van der Waals surface area contributed by atoms with Gasteiger partial charge in [0.25, 0.3) is 5.91 Å². The molecular weight excluding hydrogens is 330 g/mol. The number of primary amides is 1. The number of piperidine rings is 1. The van der Waals surface area contributed by atoms with Crippen LogP contribution in [0.3, 0.4) is 0 Å². The summed E-state index contributed by atoms with van der Waals surface area (Å²) in [6.45, 7) is 10.0. The third kappa shape index (κ3) is 4.52. The molecule has 0 aliphatic carbocycles. The predicted octanol–water partition coefficient (Wildman–Crippen LogP) is 0.807. The summed E-state index contributed by atoms with van der Waals surface area (Å²) in [7, 11) is 0. The highest BCUT2D eigenvalue weighted by Gasteiger charge is 2.27. The van der Waals surface area contributed by atoms with Crippen LogP contribution in [0.1, 0.15) is 30.8 Å². The number of likely N-dealkylation sites (tertiary alicyclic amines) is 1. The average molecular weight is 359 g/mol. The fraction of sp³-hybridized carbons (Fsp3) is 0.632. The third-order valence-corrected chi connectivity index (χ3v) is 5.31. The van der Waals surface area contributed by atoms with Gasteiger partial charge in [-0.25, -0.2) is 0 Å². The lowest BCUT2D eigenvalue weighted by Crippen LogP contribution is -2.52. The van der Waals surface area contributed by atoms with Gasteiger partial charge in [0.1, 0.15) is 5.69 Å². The van der Waals surface area contributed by atoms with Crippen molar-refractivity contribution in [1.82, 2.24) is 14.8 Å². The van der Waals surface area contributed by atoms with Crippen molar-refractivity contribution in [2.75, 3.05) is 50.7 Å². The van der Waals surface area contributed by atoms with Crippen LogP contribution < -0.4 is 10.6 Å². The number of nitrogens with zero attached hydrogens (tertiary/aromatic N) is 4. The average Bonchev–Trinajstić information content (AvgIpc) is 2.61. The van der Waals surface area contributed by atoms with Crippen LogP contribution in [0.4, 0.5) is 5.69 Å². The summed E-state index contributed by atoms with van der Waals surface area (Å²) in [6.07, 6.45) is 2.83. The van der Waals surface area contributed by atoms with E-state index < -0.39 is 5.91 Å². The molecule has 2 aliphatic heterocycles. The summed E-state index contributed by atoms with van der Waals surface area (Å²) >= 11 is 0. The molecule has 2 unspecified atom stereocenters. The van der Waals surface area contributed by atoms with Crippen molar-refractivity contribution in [3.63, 3.8) is 0 Å². The summed E-state index contributed by atoms with van der Waals surface area (Å²) in [5.41, 5.74) is 6.55. The van der Waals surface area contributed by atoms with E-state index in [4.69, 9.17) is 5.73 Å². The van der Waals surface area contributed by atoms with E-state index in [2.05, 4.69) is 28.6 Å². The van der Waals surface area contributed by atoms with Gasteiger partial charge in [-0.05, 0) is 30.4 Å². The van der Waals surface area contributed by atoms with Crippen molar-refractivity contribution in [2.45, 2.75) is 20.3 Å². The standard InChI is InChI=1S/C19H29N5O2/c1-14-9-15(2)12-24(11-14)18(25)13-22-5-7-23(8-6-22)16-3-4-21-17(10-16)19(20)26/h3-4,10,14-15H,5-9,11-13H2,1-2H3,(H2,20,26). The van der Waals surface area contributed by atoms with E-state index in [1.807, 2.05) is 11.0 Å². The lowest BCUT2D eigenvalue weighted by Gasteiger charge is -2.39. The number of anilines is 1. The van der Waals surface area contributed by atoms with Crippen LogP contribution in [0.5, 0.6) is 0 Å². The van der Waals surface area contributed by atoms with Crippen LogP contribution in [-0.2, 0) is 4.79 Å². The van der Waals surface area contributed by atoms with Crippen molar-refractivity contribution in [3.05, 3.63) is 24.0 Å². The van der Waals surface area contributed by atoms with Gasteiger partial charge in [-0.15, -0.1) is 0 Å². The van der Waals surface area contributed by atoms with Crippen LogP contribution in [0, 0.1) is 11.8 Å². The maximum atomic E-state index is 12.6. The molecule has 0 bridgehead atoms. The van der Waals surface area contributed by atoms with Crippen LogP contribution in [-0.4, -0.2) is 72.4 Å². The van der Waals surface area contributed by atoms with E-state index in [1.54, 1.807) is 12.3 Å². The molecule has 7 nitrogen and oxygen atoms in total. The maximum Gasteiger partial charge on any atom is 0.267 e. The Hall–Kier alpha value is -2.15. The van der Waals surface area contributed by atoms with E-state index in [9.17, 15) is 9.59 Å². The highest BCUT2D eigenvalue weighted by Crippen LogP contribution is 2.21. The first-order valence-corrected chi connectivity index (χ1v) is 9.43. The zero-order valence-electron chi connectivity index (χ0n) is 15.7. The molecule has 1 aromatic rings. The Balaban J connectivity index is 1.51. The van der Waals surface area contributed by atoms with Gasteiger partial charge >= 0.3 is 0 Å². The van der Waals surface area contributed by atoms with Gasteiger partial charge in [0, 0.05) is 51.2 Å². The molecule has 7 heteroatoms. The first-order chi connectivity index (χ1) is 12.4. The molecule has 2 amide bonds. The minimum absolute atomic E-state index is 0.247. The smallest absolute Gasteiger partial charge is 0.267 e. The number of pyridine rings is 1. The first kappa shape index (κ1) is 18.6. The van der Waals surface area contributed by atoms with E-state index in [-0.39, 0.29) is 11.6 Å². The fourth-order valence-electron chi connectivity index (χ4n) is 4.07. The molecule has 142 valence electrons. The monoisotopic (exact) mass is 359 g/mol. The molecular formula is C19H29N5O2. The summed E-state index contributed by atoms with van der Waals surface area (Å²) < 4.78 is 0. The van der Waals surface area contributed by atoms with Crippen LogP contribution in [0.15, 0.2) is 18.3 Å². The predicted molar refractivity (Wildman–Crippen MR) is 101 cm³/mol. The van der Waals surface area contributed by atoms with Gasteiger partial charge in [0.05, 0.1) is 6.54 Å². The topological polar surface area (TPSA) is 82.8 Å². The summed E-state index contributed by atoms with van der Waals surface area (Å²) in [5.74, 6) is 0.911. The molecule has 0 saturated carbocycles. The van der Waals surface area contributed by atoms with Crippen molar-refractivity contribution in [2.24, 2.45) is 17.6 Å². The Morgan fingerprint density at radius 3 is 2.42 bits per heavy atom. The third-order valence-electron chi connectivity index (χ3n) is 5.31. The summed E-state index contributed by atoms with van der Waals surface area (Å²) in [5, 5.41) is 0. The number of carbonyl (C=O) groups excluding carboxylic acids is 2. The second-order valence-electron chi connectivity index (χ2n) is 7.77.